The Bertz CT molecular complexity index is 172. The molecule has 1 rings (SSSR count). The quantitative estimate of drug-likeness (QED) is 0.474. The van der Waals surface area contributed by atoms with E-state index in [2.05, 4.69) is 11.9 Å². The Balaban J connectivity index is 2.26. The summed E-state index contributed by atoms with van der Waals surface area (Å²) in [5.41, 5.74) is 5.38. The molecule has 0 bridgehead atoms. The van der Waals surface area contributed by atoms with Gasteiger partial charge in [0.15, 0.2) is 5.96 Å². The molecule has 1 fully saturated rings. The second-order valence-corrected chi connectivity index (χ2v) is 4.01. The van der Waals surface area contributed by atoms with Gasteiger partial charge in [0.05, 0.1) is 0 Å². The molecule has 0 unspecified atom stereocenters. The Morgan fingerprint density at radius 2 is 2.08 bits per heavy atom. The van der Waals surface area contributed by atoms with E-state index in [1.54, 1.807) is 0 Å². The summed E-state index contributed by atoms with van der Waals surface area (Å²) in [7, 11) is 4.05. The van der Waals surface area contributed by atoms with Crippen molar-refractivity contribution in [2.75, 3.05) is 33.7 Å². The van der Waals surface area contributed by atoms with Crippen molar-refractivity contribution in [2.45, 2.75) is 12.8 Å². The average Bonchev–Trinajstić information content (AvgIpc) is 2.08. The second kappa shape index (κ2) is 4.46. The van der Waals surface area contributed by atoms with Crippen LogP contribution >= 0.6 is 0 Å². The fourth-order valence-corrected chi connectivity index (χ4v) is 1.73. The number of likely N-dealkylation sites (tertiary alicyclic amines) is 1. The van der Waals surface area contributed by atoms with Gasteiger partial charge in [-0.3, -0.25) is 5.41 Å². The Kier molecular flexibility index (Phi) is 3.54. The van der Waals surface area contributed by atoms with Gasteiger partial charge in [0.25, 0.3) is 0 Å². The number of rotatable bonds is 2. The van der Waals surface area contributed by atoms with Crippen LogP contribution in [0.1, 0.15) is 12.8 Å². The van der Waals surface area contributed by atoms with Gasteiger partial charge < -0.3 is 15.5 Å². The van der Waals surface area contributed by atoms with Crippen LogP contribution in [0.4, 0.5) is 0 Å². The minimum Gasteiger partial charge on any atom is -0.370 e. The van der Waals surface area contributed by atoms with E-state index in [1.807, 2.05) is 11.9 Å². The van der Waals surface area contributed by atoms with Crippen molar-refractivity contribution in [1.29, 1.82) is 5.41 Å². The first-order valence-electron chi connectivity index (χ1n) is 4.83. The number of piperidine rings is 1. The number of nitrogens with zero attached hydrogens (tertiary/aromatic N) is 2. The molecule has 3 N–H and O–H groups in total. The van der Waals surface area contributed by atoms with Gasteiger partial charge in [0, 0.05) is 13.6 Å². The Morgan fingerprint density at radius 1 is 1.54 bits per heavy atom. The van der Waals surface area contributed by atoms with Crippen LogP contribution in [0.25, 0.3) is 0 Å². The summed E-state index contributed by atoms with van der Waals surface area (Å²) in [6.07, 6.45) is 2.46. The fraction of sp³-hybridized carbons (Fsp3) is 0.889. The van der Waals surface area contributed by atoms with Crippen molar-refractivity contribution < 1.29 is 0 Å². The molecule has 1 aliphatic heterocycles. The smallest absolute Gasteiger partial charge is 0.188 e. The summed E-state index contributed by atoms with van der Waals surface area (Å²) in [5, 5.41) is 7.25. The molecule has 0 aromatic heterocycles. The molecular formula is C9H20N4. The Labute approximate surface area is 80.2 Å². The van der Waals surface area contributed by atoms with Crippen LogP contribution in [0.15, 0.2) is 0 Å². The maximum atomic E-state index is 7.25. The number of nitrogens with two attached hydrogens (primary N) is 1. The molecule has 0 aromatic rings. The maximum absolute atomic E-state index is 7.25. The average molecular weight is 184 g/mol. The summed E-state index contributed by atoms with van der Waals surface area (Å²) in [5.74, 6) is 0.893. The monoisotopic (exact) mass is 184 g/mol. The molecule has 0 spiro atoms. The maximum Gasteiger partial charge on any atom is 0.188 e. The fourth-order valence-electron chi connectivity index (χ4n) is 1.73. The van der Waals surface area contributed by atoms with E-state index < -0.39 is 0 Å². The molecular weight excluding hydrogens is 164 g/mol. The first-order chi connectivity index (χ1) is 6.09. The zero-order valence-electron chi connectivity index (χ0n) is 8.58. The van der Waals surface area contributed by atoms with Crippen molar-refractivity contribution in [3.63, 3.8) is 0 Å². The minimum atomic E-state index is 0.180. The predicted octanol–water partition coefficient (Wildman–Crippen LogP) is 0.153. The van der Waals surface area contributed by atoms with Crippen molar-refractivity contribution >= 4 is 5.96 Å². The minimum absolute atomic E-state index is 0.180. The molecule has 0 radical (unpaired) electrons. The van der Waals surface area contributed by atoms with E-state index >= 15 is 0 Å². The van der Waals surface area contributed by atoms with Gasteiger partial charge in [-0.2, -0.15) is 0 Å². The van der Waals surface area contributed by atoms with E-state index in [-0.39, 0.29) is 5.96 Å². The highest BCUT2D eigenvalue weighted by atomic mass is 15.2. The molecule has 0 saturated carbocycles. The number of guanidine groups is 1. The van der Waals surface area contributed by atoms with Crippen molar-refractivity contribution in [1.82, 2.24) is 9.80 Å². The second-order valence-electron chi connectivity index (χ2n) is 4.01. The largest absolute Gasteiger partial charge is 0.370 e. The lowest BCUT2D eigenvalue weighted by Crippen LogP contribution is -2.40. The predicted molar refractivity (Wildman–Crippen MR) is 54.8 cm³/mol. The lowest BCUT2D eigenvalue weighted by molar-refractivity contribution is 0.199. The number of hydrogen-bond donors (Lipinski definition) is 2. The van der Waals surface area contributed by atoms with Gasteiger partial charge in [-0.25, -0.2) is 0 Å². The molecule has 76 valence electrons. The lowest BCUT2D eigenvalue weighted by atomic mass is 9.97. The molecule has 4 heteroatoms. The third-order valence-electron chi connectivity index (χ3n) is 2.78. The van der Waals surface area contributed by atoms with Crippen molar-refractivity contribution in [2.24, 2.45) is 11.7 Å². The Morgan fingerprint density at radius 3 is 2.54 bits per heavy atom. The Hall–Kier alpha value is -0.770. The van der Waals surface area contributed by atoms with Crippen molar-refractivity contribution in [3.8, 4) is 0 Å². The van der Waals surface area contributed by atoms with E-state index in [4.69, 9.17) is 11.1 Å². The van der Waals surface area contributed by atoms with Gasteiger partial charge in [-0.1, -0.05) is 0 Å². The molecule has 0 amide bonds. The van der Waals surface area contributed by atoms with E-state index in [0.717, 1.165) is 6.54 Å². The molecule has 13 heavy (non-hydrogen) atoms. The third-order valence-corrected chi connectivity index (χ3v) is 2.78. The van der Waals surface area contributed by atoms with Gasteiger partial charge >= 0.3 is 0 Å². The molecule has 1 heterocycles. The van der Waals surface area contributed by atoms with Crippen LogP contribution in [-0.2, 0) is 0 Å². The zero-order chi connectivity index (χ0) is 9.84. The van der Waals surface area contributed by atoms with E-state index in [9.17, 15) is 0 Å². The van der Waals surface area contributed by atoms with Crippen LogP contribution in [0.5, 0.6) is 0 Å². The summed E-state index contributed by atoms with van der Waals surface area (Å²) in [6, 6.07) is 0. The van der Waals surface area contributed by atoms with E-state index in [1.165, 1.54) is 25.9 Å². The molecule has 0 aromatic carbocycles. The normalized spacial score (nSPS) is 20.2. The van der Waals surface area contributed by atoms with Gasteiger partial charge in [0.2, 0.25) is 0 Å². The zero-order valence-corrected chi connectivity index (χ0v) is 8.58. The highest BCUT2D eigenvalue weighted by Crippen LogP contribution is 2.16. The standard InChI is InChI=1S/C9H20N4/c1-12-5-3-8(4-6-12)7-13(2)9(10)11/h8H,3-7H2,1-2H3,(H3,10,11). The SMILES string of the molecule is CN1CCC(CN(C)C(=N)N)CC1. The highest BCUT2D eigenvalue weighted by Gasteiger charge is 2.18. The van der Waals surface area contributed by atoms with E-state index in [0.29, 0.717) is 5.92 Å². The van der Waals surface area contributed by atoms with Crippen LogP contribution < -0.4 is 5.73 Å². The molecule has 0 aliphatic carbocycles. The first-order valence-corrected chi connectivity index (χ1v) is 4.83. The molecule has 1 saturated heterocycles. The lowest BCUT2D eigenvalue weighted by Gasteiger charge is -2.31. The van der Waals surface area contributed by atoms with Crippen LogP contribution in [0.3, 0.4) is 0 Å². The molecule has 1 aliphatic rings. The molecule has 0 atom stereocenters. The van der Waals surface area contributed by atoms with Crippen LogP contribution in [-0.4, -0.2) is 49.5 Å². The molecule has 4 nitrogen and oxygen atoms in total. The summed E-state index contributed by atoms with van der Waals surface area (Å²) in [6.45, 7) is 3.29. The van der Waals surface area contributed by atoms with Gasteiger partial charge in [-0.05, 0) is 38.9 Å². The summed E-state index contributed by atoms with van der Waals surface area (Å²) < 4.78 is 0. The van der Waals surface area contributed by atoms with Gasteiger partial charge in [-0.15, -0.1) is 0 Å². The third kappa shape index (κ3) is 3.22. The number of nitrogens with one attached hydrogen (secondary N) is 1. The number of hydrogen-bond acceptors (Lipinski definition) is 2. The topological polar surface area (TPSA) is 56.4 Å². The van der Waals surface area contributed by atoms with Gasteiger partial charge in [0.1, 0.15) is 0 Å². The highest BCUT2D eigenvalue weighted by molar-refractivity contribution is 5.74. The first kappa shape index (κ1) is 10.3. The van der Waals surface area contributed by atoms with Crippen LogP contribution in [0, 0.1) is 11.3 Å². The van der Waals surface area contributed by atoms with Crippen molar-refractivity contribution in [3.05, 3.63) is 0 Å². The van der Waals surface area contributed by atoms with Crippen LogP contribution in [0.2, 0.25) is 0 Å². The summed E-state index contributed by atoms with van der Waals surface area (Å²) in [4.78, 5) is 4.18. The summed E-state index contributed by atoms with van der Waals surface area (Å²) >= 11 is 0.